The fourth-order valence-corrected chi connectivity index (χ4v) is 2.29. The van der Waals surface area contributed by atoms with Crippen LogP contribution in [0.3, 0.4) is 0 Å². The molecule has 1 rings (SSSR count). The highest BCUT2D eigenvalue weighted by atomic mass is 16.6. The quantitative estimate of drug-likeness (QED) is 0.326. The molecule has 0 radical (unpaired) electrons. The molecule has 1 fully saturated rings. The number of carbonyl (C=O) groups excluding carboxylic acids is 1. The Morgan fingerprint density at radius 3 is 2.43 bits per heavy atom. The highest BCUT2D eigenvalue weighted by Gasteiger charge is 2.69. The second kappa shape index (κ2) is 2.91. The fourth-order valence-electron chi connectivity index (χ4n) is 2.29. The number of hydroxylamine groups is 3. The van der Waals surface area contributed by atoms with E-state index in [1.807, 2.05) is 13.0 Å². The first-order valence-electron chi connectivity index (χ1n) is 4.90. The van der Waals surface area contributed by atoms with E-state index >= 15 is 0 Å². The van der Waals surface area contributed by atoms with Crippen LogP contribution in [0, 0.1) is 10.8 Å². The second-order valence-electron chi connectivity index (χ2n) is 5.26. The third kappa shape index (κ3) is 1.51. The third-order valence-electron chi connectivity index (χ3n) is 3.51. The molecule has 0 aromatic heterocycles. The zero-order chi connectivity index (χ0) is 11.2. The summed E-state index contributed by atoms with van der Waals surface area (Å²) in [7, 11) is 3.00. The largest absolute Gasteiger partial charge is 0.351 e. The minimum absolute atomic E-state index is 0.00984. The Balaban J connectivity index is 2.83. The summed E-state index contributed by atoms with van der Waals surface area (Å²) in [5.41, 5.74) is -0.399. The third-order valence-corrected chi connectivity index (χ3v) is 3.51. The van der Waals surface area contributed by atoms with Gasteiger partial charge in [-0.05, 0) is 25.2 Å². The van der Waals surface area contributed by atoms with Crippen molar-refractivity contribution in [3.63, 3.8) is 0 Å². The summed E-state index contributed by atoms with van der Waals surface area (Å²) in [6.07, 6.45) is 3.51. The lowest BCUT2D eigenvalue weighted by molar-refractivity contribution is -1.01. The first kappa shape index (κ1) is 11.4. The number of nitrogens with zero attached hydrogens (tertiary/aromatic N) is 1. The van der Waals surface area contributed by atoms with Gasteiger partial charge in [0.2, 0.25) is 0 Å². The van der Waals surface area contributed by atoms with Crippen molar-refractivity contribution in [2.75, 3.05) is 14.1 Å². The summed E-state index contributed by atoms with van der Waals surface area (Å²) in [5, 5.41) is 9.62. The maximum atomic E-state index is 11.9. The first-order valence-corrected chi connectivity index (χ1v) is 4.90. The summed E-state index contributed by atoms with van der Waals surface area (Å²) in [6, 6.07) is 0. The van der Waals surface area contributed by atoms with E-state index in [4.69, 9.17) is 0 Å². The Morgan fingerprint density at radius 2 is 2.07 bits per heavy atom. The van der Waals surface area contributed by atoms with Crippen LogP contribution in [0.1, 0.15) is 26.7 Å². The van der Waals surface area contributed by atoms with E-state index in [9.17, 15) is 10.0 Å². The van der Waals surface area contributed by atoms with Crippen LogP contribution in [0.2, 0.25) is 0 Å². The average molecular weight is 198 g/mol. The molecule has 80 valence electrons. The molecule has 14 heavy (non-hydrogen) atoms. The number of rotatable bonds is 3. The van der Waals surface area contributed by atoms with E-state index in [0.29, 0.717) is 0 Å². The molecule has 2 atom stereocenters. The minimum Gasteiger partial charge on any atom is -0.227 e. The molecule has 1 saturated carbocycles. The molecular formula is C11H20NO2+. The normalized spacial score (nSPS) is 36.6. The van der Waals surface area contributed by atoms with E-state index in [1.54, 1.807) is 0 Å². The number of amides is 1. The Morgan fingerprint density at radius 1 is 1.57 bits per heavy atom. The first-order chi connectivity index (χ1) is 6.17. The Bertz CT molecular complexity index is 280. The summed E-state index contributed by atoms with van der Waals surface area (Å²) >= 11 is 0. The molecule has 3 heteroatoms. The van der Waals surface area contributed by atoms with Gasteiger partial charge in [-0.25, -0.2) is 10.0 Å². The lowest BCUT2D eigenvalue weighted by Crippen LogP contribution is -2.47. The molecule has 0 aromatic carbocycles. The fraction of sp³-hybridized carbons (Fsp3) is 0.727. The van der Waals surface area contributed by atoms with E-state index in [0.717, 1.165) is 12.8 Å². The van der Waals surface area contributed by atoms with Gasteiger partial charge in [-0.2, -0.15) is 0 Å². The average Bonchev–Trinajstić information content (AvgIpc) is 2.53. The minimum atomic E-state index is -0.580. The molecular weight excluding hydrogens is 178 g/mol. The van der Waals surface area contributed by atoms with Crippen LogP contribution in [0.5, 0.6) is 0 Å². The number of carbonyl (C=O) groups is 1. The molecule has 1 amide bonds. The Kier molecular flexibility index (Phi) is 2.37. The van der Waals surface area contributed by atoms with Crippen molar-refractivity contribution in [2.45, 2.75) is 26.7 Å². The van der Waals surface area contributed by atoms with Gasteiger partial charge >= 0.3 is 5.91 Å². The van der Waals surface area contributed by atoms with E-state index < -0.39 is 4.65 Å². The molecule has 0 spiro atoms. The Hall–Kier alpha value is -0.670. The lowest BCUT2D eigenvalue weighted by Gasteiger charge is -2.23. The Labute approximate surface area is 85.6 Å². The van der Waals surface area contributed by atoms with Gasteiger partial charge in [-0.3, -0.25) is 0 Å². The highest BCUT2D eigenvalue weighted by molar-refractivity contribution is 5.80. The molecule has 1 aliphatic rings. The van der Waals surface area contributed by atoms with Gasteiger partial charge in [0.15, 0.2) is 0 Å². The van der Waals surface area contributed by atoms with Crippen molar-refractivity contribution in [1.82, 2.24) is 0 Å². The van der Waals surface area contributed by atoms with Crippen LogP contribution in [0.4, 0.5) is 0 Å². The van der Waals surface area contributed by atoms with Crippen LogP contribution >= 0.6 is 0 Å². The number of hydrogen-bond acceptors (Lipinski definition) is 2. The van der Waals surface area contributed by atoms with Gasteiger partial charge in [0.25, 0.3) is 0 Å². The topological polar surface area (TPSA) is 37.3 Å². The number of allylic oxidation sites excluding steroid dienone is 1. The molecule has 0 heterocycles. The highest BCUT2D eigenvalue weighted by Crippen LogP contribution is 2.66. The van der Waals surface area contributed by atoms with Gasteiger partial charge in [0, 0.05) is 0 Å². The standard InChI is InChI=1S/C11H20NO2/c1-6-7-10(2)8-11(10,3)9(13)12(4,5)14/h6,14H,1,7-8H2,2-5H3/q+1. The number of quaternary nitrogens is 1. The van der Waals surface area contributed by atoms with Gasteiger partial charge in [-0.1, -0.05) is 13.0 Å². The molecule has 0 aliphatic heterocycles. The molecule has 0 bridgehead atoms. The molecule has 1 aliphatic carbocycles. The monoisotopic (exact) mass is 198 g/mol. The van der Waals surface area contributed by atoms with E-state index in [1.165, 1.54) is 14.1 Å². The van der Waals surface area contributed by atoms with Crippen LogP contribution in [-0.2, 0) is 4.79 Å². The van der Waals surface area contributed by atoms with Crippen molar-refractivity contribution < 1.29 is 14.6 Å². The van der Waals surface area contributed by atoms with Crippen molar-refractivity contribution in [1.29, 1.82) is 0 Å². The predicted octanol–water partition coefficient (Wildman–Crippen LogP) is 1.97. The van der Waals surface area contributed by atoms with Gasteiger partial charge in [0.1, 0.15) is 14.1 Å². The maximum absolute atomic E-state index is 11.9. The van der Waals surface area contributed by atoms with Gasteiger partial charge in [-0.15, -0.1) is 11.2 Å². The second-order valence-corrected chi connectivity index (χ2v) is 5.26. The summed E-state index contributed by atoms with van der Waals surface area (Å²) in [6.45, 7) is 7.69. The molecule has 0 saturated heterocycles. The van der Waals surface area contributed by atoms with Gasteiger partial charge in [0.05, 0.1) is 5.41 Å². The van der Waals surface area contributed by atoms with Crippen molar-refractivity contribution in [2.24, 2.45) is 10.8 Å². The van der Waals surface area contributed by atoms with E-state index in [-0.39, 0.29) is 16.7 Å². The SMILES string of the molecule is C=CCC1(C)CC1(C)C(=O)[N+](C)(C)O. The van der Waals surface area contributed by atoms with Crippen molar-refractivity contribution in [3.05, 3.63) is 12.7 Å². The summed E-state index contributed by atoms with van der Waals surface area (Å²) in [4.78, 5) is 11.9. The van der Waals surface area contributed by atoms with Crippen LogP contribution < -0.4 is 0 Å². The van der Waals surface area contributed by atoms with Crippen LogP contribution in [0.25, 0.3) is 0 Å². The maximum Gasteiger partial charge on any atom is 0.351 e. The number of hydrogen-bond donors (Lipinski definition) is 1. The smallest absolute Gasteiger partial charge is 0.227 e. The van der Waals surface area contributed by atoms with Crippen molar-refractivity contribution >= 4 is 5.91 Å². The molecule has 3 nitrogen and oxygen atoms in total. The van der Waals surface area contributed by atoms with Crippen LogP contribution in [-0.4, -0.2) is 29.9 Å². The molecule has 0 aromatic rings. The molecule has 2 unspecified atom stereocenters. The zero-order valence-electron chi connectivity index (χ0n) is 9.50. The zero-order valence-corrected chi connectivity index (χ0v) is 9.50. The summed E-state index contributed by atoms with van der Waals surface area (Å²) < 4.78 is -0.580. The molecule has 1 N–H and O–H groups in total. The lowest BCUT2D eigenvalue weighted by atomic mass is 9.92. The predicted molar refractivity (Wildman–Crippen MR) is 54.5 cm³/mol. The van der Waals surface area contributed by atoms with Gasteiger partial charge < -0.3 is 0 Å². The van der Waals surface area contributed by atoms with Crippen LogP contribution in [0.15, 0.2) is 12.7 Å². The van der Waals surface area contributed by atoms with Crippen molar-refractivity contribution in [3.8, 4) is 0 Å². The summed E-state index contributed by atoms with van der Waals surface area (Å²) in [5.74, 6) is -0.109. The van der Waals surface area contributed by atoms with E-state index in [2.05, 4.69) is 13.5 Å².